The Bertz CT molecular complexity index is 2070. The van der Waals surface area contributed by atoms with E-state index in [4.69, 9.17) is 19.9 Å². The molecule has 0 spiro atoms. The number of phenols is 2. The topological polar surface area (TPSA) is 285 Å². The molecule has 0 aromatic heterocycles. The monoisotopic (exact) mass is 822 g/mol. The predicted octanol–water partition coefficient (Wildman–Crippen LogP) is 0.767. The summed E-state index contributed by atoms with van der Waals surface area (Å²) in [4.78, 5) is 82.0. The summed E-state index contributed by atoms with van der Waals surface area (Å²) in [5.74, 6) is -5.47. The van der Waals surface area contributed by atoms with E-state index in [2.05, 4.69) is 10.6 Å². The number of phenolic OH excluding ortho intramolecular Hbond substituents is 2. The number of aliphatic hydroxyl groups excluding tert-OH is 2. The largest absolute Gasteiger partial charge is 0.507 e. The fourth-order valence-corrected chi connectivity index (χ4v) is 9.39. The minimum absolute atomic E-state index is 0.0410. The summed E-state index contributed by atoms with van der Waals surface area (Å²) in [6.45, 7) is 0.595. The molecule has 9 N–H and O–H groups in total. The number of fused-ring (bicyclic) bond motifs is 3. The molecule has 8 atom stereocenters. The lowest BCUT2D eigenvalue weighted by Gasteiger charge is -2.43. The molecule has 18 nitrogen and oxygen atoms in total. The summed E-state index contributed by atoms with van der Waals surface area (Å²) in [5, 5.41) is 61.2. The van der Waals surface area contributed by atoms with Crippen LogP contribution < -0.4 is 21.1 Å². The smallest absolute Gasteiger partial charge is 0.324 e. The Labute approximate surface area is 339 Å². The van der Waals surface area contributed by atoms with Crippen molar-refractivity contribution in [3.05, 3.63) is 51.6 Å². The zero-order valence-corrected chi connectivity index (χ0v) is 32.8. The summed E-state index contributed by atoms with van der Waals surface area (Å²) in [7, 11) is 1.30. The fraction of sp³-hybridized carbons (Fsp3) is 0.561. The van der Waals surface area contributed by atoms with Gasteiger partial charge in [-0.05, 0) is 44.6 Å². The molecular formula is C41H50N4O14. The third-order valence-electron chi connectivity index (χ3n) is 12.6. The van der Waals surface area contributed by atoms with E-state index < -0.39 is 126 Å². The van der Waals surface area contributed by atoms with Crippen LogP contribution in [0.15, 0.2) is 18.2 Å². The predicted molar refractivity (Wildman–Crippen MR) is 204 cm³/mol. The van der Waals surface area contributed by atoms with E-state index in [1.807, 2.05) is 0 Å². The molecule has 4 amide bonds. The van der Waals surface area contributed by atoms with Crippen molar-refractivity contribution in [2.45, 2.75) is 119 Å². The molecule has 2 aromatic carbocycles. The lowest BCUT2D eigenvalue weighted by atomic mass is 9.72. The standard InChI is InChI=1S/C41H50N4O14/c1-18-33(48)22(43-38(53)23-11-7-13-45(23)40(55)44-39(54)32(42)19-8-4-3-5-9-19)14-27(58-18)59-25-16-41(56,26(47)17-46)15-21-29(25)37(52)31-30(35(21)50)34(49)20-10-6-12-24(57-2)28(20)36(31)51/h6,10,12,18-19,22-23,25,27,32-33,46,48,50,52,56H,3-5,7-9,11,13-17,42H2,1-2H3,(H,43,53)(H,44,54,55)/t18?,22?,23-,25-,27?,32-,33?,41-/m0/s1. The number of hydrogen-bond acceptors (Lipinski definition) is 15. The van der Waals surface area contributed by atoms with Gasteiger partial charge in [0.1, 0.15) is 41.6 Å². The van der Waals surface area contributed by atoms with Crippen LogP contribution in [0.4, 0.5) is 4.79 Å². The van der Waals surface area contributed by atoms with Crippen LogP contribution in [0.3, 0.4) is 0 Å². The summed E-state index contributed by atoms with van der Waals surface area (Å²) < 4.78 is 17.5. The number of nitrogens with zero attached hydrogens (tertiary/aromatic N) is 1. The van der Waals surface area contributed by atoms with Crippen LogP contribution in [0.2, 0.25) is 0 Å². The van der Waals surface area contributed by atoms with Crippen LogP contribution in [0.5, 0.6) is 17.2 Å². The van der Waals surface area contributed by atoms with E-state index in [1.54, 1.807) is 0 Å². The fourth-order valence-electron chi connectivity index (χ4n) is 9.39. The van der Waals surface area contributed by atoms with Crippen LogP contribution in [-0.2, 0) is 30.3 Å². The van der Waals surface area contributed by atoms with Crippen molar-refractivity contribution in [1.82, 2.24) is 15.5 Å². The highest BCUT2D eigenvalue weighted by molar-refractivity contribution is 6.31. The van der Waals surface area contributed by atoms with Crippen LogP contribution in [0, 0.1) is 5.92 Å². The first-order valence-electron chi connectivity index (χ1n) is 20.0. The van der Waals surface area contributed by atoms with E-state index in [1.165, 1.54) is 37.1 Å². The number of likely N-dealkylation sites (tertiary alicyclic amines) is 1. The minimum Gasteiger partial charge on any atom is -0.507 e. The zero-order valence-electron chi connectivity index (χ0n) is 32.8. The van der Waals surface area contributed by atoms with Crippen LogP contribution >= 0.6 is 0 Å². The second-order valence-electron chi connectivity index (χ2n) is 16.2. The molecule has 5 aliphatic rings. The number of Topliss-reactive ketones (excluding diaryl/α,β-unsaturated/α-hetero) is 1. The zero-order chi connectivity index (χ0) is 42.5. The number of benzene rings is 2. The van der Waals surface area contributed by atoms with Gasteiger partial charge in [0, 0.05) is 42.5 Å². The van der Waals surface area contributed by atoms with Gasteiger partial charge in [0.05, 0.1) is 48.1 Å². The molecule has 3 aliphatic carbocycles. The van der Waals surface area contributed by atoms with Crippen molar-refractivity contribution in [2.75, 3.05) is 20.3 Å². The highest BCUT2D eigenvalue weighted by atomic mass is 16.7. The van der Waals surface area contributed by atoms with Crippen molar-refractivity contribution < 1.29 is 68.5 Å². The molecule has 318 valence electrons. The number of ketones is 3. The van der Waals surface area contributed by atoms with E-state index in [9.17, 15) is 54.3 Å². The van der Waals surface area contributed by atoms with Gasteiger partial charge in [-0.3, -0.25) is 29.3 Å². The Morgan fingerprint density at radius 3 is 2.42 bits per heavy atom. The van der Waals surface area contributed by atoms with Gasteiger partial charge >= 0.3 is 6.03 Å². The molecule has 0 radical (unpaired) electrons. The molecule has 2 heterocycles. The number of imide groups is 1. The Morgan fingerprint density at radius 2 is 1.73 bits per heavy atom. The Morgan fingerprint density at radius 1 is 1.02 bits per heavy atom. The molecule has 2 saturated heterocycles. The highest BCUT2D eigenvalue weighted by Crippen LogP contribution is 2.52. The quantitative estimate of drug-likeness (QED) is 0.138. The molecule has 0 bridgehead atoms. The first-order chi connectivity index (χ1) is 28.1. The number of carbonyl (C=O) groups is 6. The number of methoxy groups -OCH3 is 1. The maximum Gasteiger partial charge on any atom is 0.324 e. The molecule has 2 aromatic rings. The SMILES string of the molecule is COc1cccc2c1C(=O)c1c(O)c3c(c(O)c1C2=O)C[C@@](O)(C(=O)CO)C[C@@H]3OC1CC(NC(=O)[C@@H]2CCCN2C(=O)NC(=O)[C@@H](N)C2CCCCC2)C(O)C(C)O1. The number of ether oxygens (including phenoxy) is 3. The first-order valence-corrected chi connectivity index (χ1v) is 20.0. The first kappa shape index (κ1) is 42.2. The third-order valence-corrected chi connectivity index (χ3v) is 12.6. The minimum atomic E-state index is -2.38. The van der Waals surface area contributed by atoms with Gasteiger partial charge in [-0.1, -0.05) is 31.4 Å². The Kier molecular flexibility index (Phi) is 11.8. The summed E-state index contributed by atoms with van der Waals surface area (Å²) in [5.41, 5.74) is 1.98. The number of nitrogens with one attached hydrogen (secondary N) is 2. The summed E-state index contributed by atoms with van der Waals surface area (Å²) in [6, 6.07) is 0.635. The van der Waals surface area contributed by atoms with E-state index >= 15 is 0 Å². The molecule has 1 saturated carbocycles. The van der Waals surface area contributed by atoms with E-state index in [0.29, 0.717) is 6.42 Å². The number of carbonyl (C=O) groups excluding carboxylic acids is 6. The molecule has 4 unspecified atom stereocenters. The van der Waals surface area contributed by atoms with Crippen molar-refractivity contribution >= 4 is 35.2 Å². The van der Waals surface area contributed by atoms with Crippen LogP contribution in [0.1, 0.15) is 114 Å². The van der Waals surface area contributed by atoms with E-state index in [0.717, 1.165) is 32.1 Å². The average Bonchev–Trinajstić information content (AvgIpc) is 3.73. The molecular weight excluding hydrogens is 772 g/mol. The molecule has 59 heavy (non-hydrogen) atoms. The molecule has 7 rings (SSSR count). The number of aromatic hydroxyl groups is 2. The van der Waals surface area contributed by atoms with Crippen molar-refractivity contribution in [3.63, 3.8) is 0 Å². The van der Waals surface area contributed by atoms with Gasteiger partial charge in [-0.15, -0.1) is 0 Å². The van der Waals surface area contributed by atoms with Gasteiger partial charge in [0.25, 0.3) is 0 Å². The van der Waals surface area contributed by atoms with E-state index in [-0.39, 0.29) is 53.3 Å². The van der Waals surface area contributed by atoms with Crippen molar-refractivity contribution in [2.24, 2.45) is 11.7 Å². The maximum absolute atomic E-state index is 14.0. The Balaban J connectivity index is 1.13. The highest BCUT2D eigenvalue weighted by Gasteiger charge is 2.51. The lowest BCUT2D eigenvalue weighted by Crippen LogP contribution is -2.59. The summed E-state index contributed by atoms with van der Waals surface area (Å²) >= 11 is 0. The number of rotatable bonds is 9. The molecule has 2 aliphatic heterocycles. The number of nitrogens with two attached hydrogens (primary N) is 1. The third kappa shape index (κ3) is 7.57. The summed E-state index contributed by atoms with van der Waals surface area (Å²) in [6.07, 6.45) is -1.30. The van der Waals surface area contributed by atoms with Gasteiger partial charge in [-0.2, -0.15) is 0 Å². The average molecular weight is 823 g/mol. The second-order valence-corrected chi connectivity index (χ2v) is 16.2. The van der Waals surface area contributed by atoms with Gasteiger partial charge in [0.15, 0.2) is 17.9 Å². The number of amides is 4. The van der Waals surface area contributed by atoms with Crippen LogP contribution in [-0.4, -0.2) is 128 Å². The number of hydrogen-bond donors (Lipinski definition) is 8. The second kappa shape index (κ2) is 16.6. The van der Waals surface area contributed by atoms with Gasteiger partial charge in [-0.25, -0.2) is 4.79 Å². The maximum atomic E-state index is 14.0. The molecule has 3 fully saturated rings. The van der Waals surface area contributed by atoms with Gasteiger partial charge in [0.2, 0.25) is 17.6 Å². The van der Waals surface area contributed by atoms with Crippen molar-refractivity contribution in [1.29, 1.82) is 0 Å². The lowest BCUT2D eigenvalue weighted by molar-refractivity contribution is -0.249. The molecule has 18 heteroatoms. The number of urea groups is 1. The normalized spacial score (nSPS) is 28.5. The van der Waals surface area contributed by atoms with Crippen LogP contribution in [0.25, 0.3) is 0 Å². The Hall–Kier alpha value is -4.98. The van der Waals surface area contributed by atoms with Crippen molar-refractivity contribution in [3.8, 4) is 17.2 Å². The van der Waals surface area contributed by atoms with Gasteiger partial charge < -0.3 is 55.7 Å². The number of aliphatic hydroxyl groups is 3.